The van der Waals surface area contributed by atoms with Crippen molar-refractivity contribution in [2.24, 2.45) is 0 Å². The van der Waals surface area contributed by atoms with E-state index in [4.69, 9.17) is 11.6 Å². The monoisotopic (exact) mass is 224 g/mol. The molecule has 84 valence electrons. The van der Waals surface area contributed by atoms with Gasteiger partial charge in [0.15, 0.2) is 0 Å². The van der Waals surface area contributed by atoms with Gasteiger partial charge in [-0.1, -0.05) is 39.3 Å². The average molecular weight is 225 g/mol. The summed E-state index contributed by atoms with van der Waals surface area (Å²) in [7, 11) is 0. The third kappa shape index (κ3) is 2.75. The quantitative estimate of drug-likeness (QED) is 0.655. The number of hydrogen-bond acceptors (Lipinski definition) is 0. The van der Waals surface area contributed by atoms with Gasteiger partial charge in [-0.2, -0.15) is 0 Å². The van der Waals surface area contributed by atoms with E-state index in [1.165, 1.54) is 23.1 Å². The minimum absolute atomic E-state index is 0.548. The Kier molecular flexibility index (Phi) is 4.21. The Balaban J connectivity index is 3.28. The van der Waals surface area contributed by atoms with Gasteiger partial charge >= 0.3 is 0 Å². The maximum absolute atomic E-state index is 6.17. The van der Waals surface area contributed by atoms with Crippen molar-refractivity contribution in [1.82, 2.24) is 0 Å². The first-order valence-electron chi connectivity index (χ1n) is 5.77. The van der Waals surface area contributed by atoms with Crippen molar-refractivity contribution in [3.8, 4) is 0 Å². The largest absolute Gasteiger partial charge is 0.0843 e. The van der Waals surface area contributed by atoms with E-state index in [0.29, 0.717) is 11.8 Å². The predicted molar refractivity (Wildman–Crippen MR) is 69.0 cm³/mol. The molecule has 1 rings (SSSR count). The van der Waals surface area contributed by atoms with Crippen LogP contribution in [0.2, 0.25) is 5.02 Å². The highest BCUT2D eigenvalue weighted by molar-refractivity contribution is 6.30. The van der Waals surface area contributed by atoms with Crippen LogP contribution in [0.15, 0.2) is 12.1 Å². The fourth-order valence-electron chi connectivity index (χ4n) is 2.05. The number of benzene rings is 1. The lowest BCUT2D eigenvalue weighted by atomic mass is 9.88. The van der Waals surface area contributed by atoms with Gasteiger partial charge in [-0.15, -0.1) is 0 Å². The molecule has 0 aliphatic carbocycles. The Morgan fingerprint density at radius 2 is 1.67 bits per heavy atom. The van der Waals surface area contributed by atoms with Crippen molar-refractivity contribution < 1.29 is 0 Å². The molecule has 1 heteroatoms. The van der Waals surface area contributed by atoms with Gasteiger partial charge in [0, 0.05) is 5.02 Å². The molecule has 0 nitrogen and oxygen atoms in total. The second kappa shape index (κ2) is 5.03. The molecular formula is C14H21Cl. The lowest BCUT2D eigenvalue weighted by Crippen LogP contribution is -2.01. The van der Waals surface area contributed by atoms with E-state index in [2.05, 4.69) is 46.8 Å². The molecule has 0 radical (unpaired) electrons. The zero-order valence-corrected chi connectivity index (χ0v) is 11.2. The smallest absolute Gasteiger partial charge is 0.0411 e. The summed E-state index contributed by atoms with van der Waals surface area (Å²) < 4.78 is 0. The summed E-state index contributed by atoms with van der Waals surface area (Å²) in [6.07, 6.45) is 1.17. The standard InChI is InChI=1S/C14H21Cl/c1-6-10(4)14-8-12(15)7-13(9(2)3)11(14)5/h7-10H,6H2,1-5H3. The van der Waals surface area contributed by atoms with Gasteiger partial charge in [-0.05, 0) is 54.0 Å². The Morgan fingerprint density at radius 1 is 1.13 bits per heavy atom. The van der Waals surface area contributed by atoms with Gasteiger partial charge in [0.1, 0.15) is 0 Å². The van der Waals surface area contributed by atoms with Crippen molar-refractivity contribution >= 4 is 11.6 Å². The first kappa shape index (κ1) is 12.6. The molecule has 1 aromatic rings. The van der Waals surface area contributed by atoms with Gasteiger partial charge in [-0.25, -0.2) is 0 Å². The van der Waals surface area contributed by atoms with Crippen LogP contribution < -0.4 is 0 Å². The zero-order chi connectivity index (χ0) is 11.6. The number of hydrogen-bond donors (Lipinski definition) is 0. The number of rotatable bonds is 3. The highest BCUT2D eigenvalue weighted by atomic mass is 35.5. The minimum atomic E-state index is 0.548. The van der Waals surface area contributed by atoms with Crippen LogP contribution >= 0.6 is 11.6 Å². The summed E-state index contributed by atoms with van der Waals surface area (Å²) in [5, 5.41) is 0.875. The van der Waals surface area contributed by atoms with Crippen molar-refractivity contribution in [2.75, 3.05) is 0 Å². The average Bonchev–Trinajstić information content (AvgIpc) is 2.19. The molecular weight excluding hydrogens is 204 g/mol. The first-order valence-corrected chi connectivity index (χ1v) is 6.15. The van der Waals surface area contributed by atoms with Gasteiger partial charge in [-0.3, -0.25) is 0 Å². The van der Waals surface area contributed by atoms with E-state index in [9.17, 15) is 0 Å². The van der Waals surface area contributed by atoms with Crippen LogP contribution in [0.3, 0.4) is 0 Å². The lowest BCUT2D eigenvalue weighted by Gasteiger charge is -2.18. The van der Waals surface area contributed by atoms with Gasteiger partial charge < -0.3 is 0 Å². The van der Waals surface area contributed by atoms with E-state index in [-0.39, 0.29) is 0 Å². The molecule has 15 heavy (non-hydrogen) atoms. The van der Waals surface area contributed by atoms with E-state index < -0.39 is 0 Å². The summed E-state index contributed by atoms with van der Waals surface area (Å²) in [4.78, 5) is 0. The molecule has 0 N–H and O–H groups in total. The molecule has 0 aliphatic rings. The SMILES string of the molecule is CCC(C)c1cc(Cl)cc(C(C)C)c1C. The van der Waals surface area contributed by atoms with Crippen LogP contribution in [0.1, 0.15) is 62.6 Å². The Hall–Kier alpha value is -0.490. The van der Waals surface area contributed by atoms with Crippen LogP contribution in [0.5, 0.6) is 0 Å². The van der Waals surface area contributed by atoms with E-state index >= 15 is 0 Å². The molecule has 0 aliphatic heterocycles. The van der Waals surface area contributed by atoms with Gasteiger partial charge in [0.25, 0.3) is 0 Å². The van der Waals surface area contributed by atoms with Crippen LogP contribution in [-0.4, -0.2) is 0 Å². The normalized spacial score (nSPS) is 13.3. The van der Waals surface area contributed by atoms with Crippen molar-refractivity contribution in [2.45, 2.75) is 52.9 Å². The summed E-state index contributed by atoms with van der Waals surface area (Å²) >= 11 is 6.17. The summed E-state index contributed by atoms with van der Waals surface area (Å²) in [5.74, 6) is 1.15. The fourth-order valence-corrected chi connectivity index (χ4v) is 2.29. The molecule has 0 fully saturated rings. The highest BCUT2D eigenvalue weighted by Gasteiger charge is 2.13. The molecule has 0 spiro atoms. The Labute approximate surface area is 98.7 Å². The second-order valence-electron chi connectivity index (χ2n) is 4.67. The van der Waals surface area contributed by atoms with Gasteiger partial charge in [0.2, 0.25) is 0 Å². The molecule has 0 heterocycles. The Morgan fingerprint density at radius 3 is 2.13 bits per heavy atom. The van der Waals surface area contributed by atoms with E-state index in [0.717, 1.165) is 5.02 Å². The molecule has 0 aromatic heterocycles. The maximum atomic E-state index is 6.17. The van der Waals surface area contributed by atoms with Crippen LogP contribution in [0, 0.1) is 6.92 Å². The predicted octanol–water partition coefficient (Wildman–Crippen LogP) is 5.29. The van der Waals surface area contributed by atoms with Crippen molar-refractivity contribution in [3.63, 3.8) is 0 Å². The lowest BCUT2D eigenvalue weighted by molar-refractivity contribution is 0.722. The summed E-state index contributed by atoms with van der Waals surface area (Å²) in [6, 6.07) is 4.23. The topological polar surface area (TPSA) is 0 Å². The highest BCUT2D eigenvalue weighted by Crippen LogP contribution is 2.31. The summed E-state index contributed by atoms with van der Waals surface area (Å²) in [5.41, 5.74) is 4.22. The fraction of sp³-hybridized carbons (Fsp3) is 0.571. The van der Waals surface area contributed by atoms with E-state index in [1.807, 2.05) is 0 Å². The molecule has 0 bridgehead atoms. The van der Waals surface area contributed by atoms with Crippen molar-refractivity contribution in [3.05, 3.63) is 33.8 Å². The molecule has 1 unspecified atom stereocenters. The molecule has 0 saturated carbocycles. The minimum Gasteiger partial charge on any atom is -0.0843 e. The molecule has 1 atom stereocenters. The molecule has 0 amide bonds. The van der Waals surface area contributed by atoms with Crippen molar-refractivity contribution in [1.29, 1.82) is 0 Å². The van der Waals surface area contributed by atoms with E-state index in [1.54, 1.807) is 0 Å². The third-order valence-corrected chi connectivity index (χ3v) is 3.44. The summed E-state index contributed by atoms with van der Waals surface area (Å²) in [6.45, 7) is 11.1. The molecule has 1 aromatic carbocycles. The Bertz CT molecular complexity index is 339. The molecule has 0 saturated heterocycles. The maximum Gasteiger partial charge on any atom is 0.0411 e. The van der Waals surface area contributed by atoms with Gasteiger partial charge in [0.05, 0.1) is 0 Å². The first-order chi connectivity index (χ1) is 6.97. The zero-order valence-electron chi connectivity index (χ0n) is 10.4. The second-order valence-corrected chi connectivity index (χ2v) is 5.11. The van der Waals surface area contributed by atoms with Crippen LogP contribution in [0.4, 0.5) is 0 Å². The van der Waals surface area contributed by atoms with Crippen LogP contribution in [-0.2, 0) is 0 Å². The third-order valence-electron chi connectivity index (χ3n) is 3.22. The van der Waals surface area contributed by atoms with Crippen LogP contribution in [0.25, 0.3) is 0 Å². The number of halogens is 1.